The molecule has 0 radical (unpaired) electrons. The van der Waals surface area contributed by atoms with Crippen molar-refractivity contribution in [3.05, 3.63) is 35.6 Å². The number of nitrogens with zero attached hydrogens (tertiary/aromatic N) is 2. The normalized spacial score (nSPS) is 20.8. The lowest BCUT2D eigenvalue weighted by atomic mass is 10.1. The molecule has 1 saturated heterocycles. The van der Waals surface area contributed by atoms with E-state index in [1.807, 2.05) is 0 Å². The molecule has 2 aromatic rings. The first-order chi connectivity index (χ1) is 9.87. The van der Waals surface area contributed by atoms with Gasteiger partial charge < -0.3 is 5.73 Å². The molecule has 1 aromatic heterocycles. The van der Waals surface area contributed by atoms with Crippen LogP contribution in [0.5, 0.6) is 0 Å². The van der Waals surface area contributed by atoms with Gasteiger partial charge in [0.2, 0.25) is 0 Å². The van der Waals surface area contributed by atoms with Gasteiger partial charge in [0.25, 0.3) is 0 Å². The van der Waals surface area contributed by atoms with Crippen molar-refractivity contribution >= 4 is 15.7 Å². The van der Waals surface area contributed by atoms with Gasteiger partial charge in [-0.1, -0.05) is 12.1 Å². The van der Waals surface area contributed by atoms with Crippen LogP contribution in [0.1, 0.15) is 18.0 Å². The van der Waals surface area contributed by atoms with E-state index >= 15 is 0 Å². The summed E-state index contributed by atoms with van der Waals surface area (Å²) in [6.07, 6.45) is 0.490. The zero-order valence-corrected chi connectivity index (χ0v) is 12.4. The molecule has 7 heteroatoms. The number of rotatable bonds is 2. The van der Waals surface area contributed by atoms with Crippen LogP contribution in [0.15, 0.2) is 24.3 Å². The summed E-state index contributed by atoms with van der Waals surface area (Å²) in [7, 11) is -3.02. The average molecular weight is 309 g/mol. The molecular weight excluding hydrogens is 293 g/mol. The maximum absolute atomic E-state index is 14.1. The average Bonchev–Trinajstić information content (AvgIpc) is 2.95. The van der Waals surface area contributed by atoms with Crippen molar-refractivity contribution in [2.75, 3.05) is 17.2 Å². The fraction of sp³-hybridized carbons (Fsp3) is 0.357. The third kappa shape index (κ3) is 2.53. The number of hydrogen-bond acceptors (Lipinski definition) is 4. The summed E-state index contributed by atoms with van der Waals surface area (Å²) in [5.74, 6) is 0.203. The molecule has 0 aliphatic carbocycles. The van der Waals surface area contributed by atoms with Crippen LogP contribution in [0.2, 0.25) is 0 Å². The maximum Gasteiger partial charge on any atom is 0.152 e. The highest BCUT2D eigenvalue weighted by molar-refractivity contribution is 7.91. The van der Waals surface area contributed by atoms with Crippen LogP contribution in [-0.2, 0) is 9.84 Å². The number of nitrogens with two attached hydrogens (primary N) is 1. The quantitative estimate of drug-likeness (QED) is 0.919. The van der Waals surface area contributed by atoms with Gasteiger partial charge in [0.15, 0.2) is 9.84 Å². The minimum absolute atomic E-state index is 0.0363. The number of aromatic nitrogens is 2. The largest absolute Gasteiger partial charge is 0.384 e. The van der Waals surface area contributed by atoms with Gasteiger partial charge in [0, 0.05) is 11.6 Å². The fourth-order valence-corrected chi connectivity index (χ4v) is 4.34. The standard InChI is InChI=1S/C14H16FN3O2S/c1-9-3-2-4-11(14(9)15)12-7-13(16)18(17-12)10-5-6-21(19,20)8-10/h2-4,7,10H,5-6,8,16H2,1H3. The van der Waals surface area contributed by atoms with Crippen molar-refractivity contribution < 1.29 is 12.8 Å². The SMILES string of the molecule is Cc1cccc(-c2cc(N)n(C3CCS(=O)(=O)C3)n2)c1F. The number of hydrogen-bond donors (Lipinski definition) is 1. The van der Waals surface area contributed by atoms with Crippen LogP contribution in [0, 0.1) is 12.7 Å². The summed E-state index contributed by atoms with van der Waals surface area (Å²) < 4.78 is 38.8. The van der Waals surface area contributed by atoms with Crippen LogP contribution in [-0.4, -0.2) is 29.7 Å². The highest BCUT2D eigenvalue weighted by atomic mass is 32.2. The van der Waals surface area contributed by atoms with Gasteiger partial charge in [-0.2, -0.15) is 5.10 Å². The molecule has 0 bridgehead atoms. The highest BCUT2D eigenvalue weighted by Crippen LogP contribution is 2.30. The number of nitrogen functional groups attached to an aromatic ring is 1. The molecule has 21 heavy (non-hydrogen) atoms. The Bertz CT molecular complexity index is 799. The monoisotopic (exact) mass is 309 g/mol. The molecule has 0 amide bonds. The van der Waals surface area contributed by atoms with Crippen LogP contribution in [0.25, 0.3) is 11.3 Å². The molecular formula is C14H16FN3O2S. The van der Waals surface area contributed by atoms with Gasteiger partial charge in [0.05, 0.1) is 23.2 Å². The maximum atomic E-state index is 14.1. The van der Waals surface area contributed by atoms with E-state index in [-0.39, 0.29) is 23.4 Å². The lowest BCUT2D eigenvalue weighted by molar-refractivity contribution is 0.507. The van der Waals surface area contributed by atoms with E-state index in [0.29, 0.717) is 29.1 Å². The van der Waals surface area contributed by atoms with Gasteiger partial charge in [0.1, 0.15) is 11.6 Å². The Balaban J connectivity index is 2.01. The summed E-state index contributed by atoms with van der Waals surface area (Å²) in [6, 6.07) is 6.39. The van der Waals surface area contributed by atoms with E-state index in [2.05, 4.69) is 5.10 Å². The second-order valence-electron chi connectivity index (χ2n) is 5.39. The molecule has 5 nitrogen and oxygen atoms in total. The van der Waals surface area contributed by atoms with Gasteiger partial charge >= 0.3 is 0 Å². The first kappa shape index (κ1) is 14.1. The summed E-state index contributed by atoms with van der Waals surface area (Å²) in [5, 5.41) is 4.32. The van der Waals surface area contributed by atoms with E-state index in [1.54, 1.807) is 31.2 Å². The van der Waals surface area contributed by atoms with E-state index in [0.717, 1.165) is 0 Å². The highest BCUT2D eigenvalue weighted by Gasteiger charge is 2.31. The summed E-state index contributed by atoms with van der Waals surface area (Å²) in [5.41, 5.74) is 7.25. The lowest BCUT2D eigenvalue weighted by Crippen LogP contribution is -2.14. The first-order valence-corrected chi connectivity index (χ1v) is 8.50. The molecule has 1 aromatic carbocycles. The van der Waals surface area contributed by atoms with Crippen LogP contribution < -0.4 is 5.73 Å². The number of aryl methyl sites for hydroxylation is 1. The first-order valence-electron chi connectivity index (χ1n) is 6.68. The minimum atomic E-state index is -3.02. The van der Waals surface area contributed by atoms with Crippen LogP contribution in [0.3, 0.4) is 0 Å². The van der Waals surface area contributed by atoms with Crippen LogP contribution in [0.4, 0.5) is 10.2 Å². The molecule has 1 fully saturated rings. The fourth-order valence-electron chi connectivity index (χ4n) is 2.65. The van der Waals surface area contributed by atoms with Crippen molar-refractivity contribution in [2.45, 2.75) is 19.4 Å². The Kier molecular flexibility index (Phi) is 3.24. The van der Waals surface area contributed by atoms with Crippen molar-refractivity contribution in [2.24, 2.45) is 0 Å². The molecule has 112 valence electrons. The molecule has 1 unspecified atom stereocenters. The number of sulfone groups is 1. The van der Waals surface area contributed by atoms with Crippen molar-refractivity contribution in [1.82, 2.24) is 9.78 Å². The van der Waals surface area contributed by atoms with E-state index in [4.69, 9.17) is 5.73 Å². The van der Waals surface area contributed by atoms with E-state index in [9.17, 15) is 12.8 Å². The molecule has 1 atom stereocenters. The topological polar surface area (TPSA) is 78.0 Å². The Morgan fingerprint density at radius 2 is 2.19 bits per heavy atom. The number of halogens is 1. The Hall–Kier alpha value is -1.89. The van der Waals surface area contributed by atoms with Gasteiger partial charge in [-0.25, -0.2) is 17.5 Å². The predicted octanol–water partition coefficient (Wildman–Crippen LogP) is 1.94. The molecule has 1 aliphatic heterocycles. The molecule has 0 spiro atoms. The Morgan fingerprint density at radius 3 is 2.86 bits per heavy atom. The lowest BCUT2D eigenvalue weighted by Gasteiger charge is -2.10. The molecule has 3 rings (SSSR count). The number of anilines is 1. The predicted molar refractivity (Wildman–Crippen MR) is 79.1 cm³/mol. The third-order valence-corrected chi connectivity index (χ3v) is 5.54. The molecule has 2 N–H and O–H groups in total. The van der Waals surface area contributed by atoms with Crippen LogP contribution >= 0.6 is 0 Å². The zero-order valence-electron chi connectivity index (χ0n) is 11.6. The van der Waals surface area contributed by atoms with Crippen molar-refractivity contribution in [3.8, 4) is 11.3 Å². The smallest absolute Gasteiger partial charge is 0.152 e. The zero-order chi connectivity index (χ0) is 15.2. The second kappa shape index (κ2) is 4.84. The van der Waals surface area contributed by atoms with Gasteiger partial charge in [-0.05, 0) is 25.0 Å². The third-order valence-electron chi connectivity index (χ3n) is 3.79. The van der Waals surface area contributed by atoms with Crippen molar-refractivity contribution in [1.29, 1.82) is 0 Å². The van der Waals surface area contributed by atoms with E-state index < -0.39 is 9.84 Å². The summed E-state index contributed by atoms with van der Waals surface area (Å²) in [6.45, 7) is 1.68. The summed E-state index contributed by atoms with van der Waals surface area (Å²) in [4.78, 5) is 0. The molecule has 2 heterocycles. The van der Waals surface area contributed by atoms with E-state index in [1.165, 1.54) is 4.68 Å². The van der Waals surface area contributed by atoms with Crippen molar-refractivity contribution in [3.63, 3.8) is 0 Å². The Morgan fingerprint density at radius 1 is 1.43 bits per heavy atom. The second-order valence-corrected chi connectivity index (χ2v) is 7.62. The Labute approximate surface area is 122 Å². The molecule has 0 saturated carbocycles. The minimum Gasteiger partial charge on any atom is -0.384 e. The number of benzene rings is 1. The molecule has 1 aliphatic rings. The van der Waals surface area contributed by atoms with Gasteiger partial charge in [-0.3, -0.25) is 0 Å². The van der Waals surface area contributed by atoms with Gasteiger partial charge in [-0.15, -0.1) is 0 Å². The summed E-state index contributed by atoms with van der Waals surface area (Å²) >= 11 is 0.